The average Bonchev–Trinajstić information content (AvgIpc) is 3.05. The van der Waals surface area contributed by atoms with Gasteiger partial charge in [-0.05, 0) is 33.6 Å². The van der Waals surface area contributed by atoms with E-state index in [1.54, 1.807) is 9.58 Å². The highest BCUT2D eigenvalue weighted by molar-refractivity contribution is 5.96. The first-order valence-corrected chi connectivity index (χ1v) is 7.72. The fourth-order valence-corrected chi connectivity index (χ4v) is 2.50. The van der Waals surface area contributed by atoms with Crippen molar-refractivity contribution in [2.45, 2.75) is 52.7 Å². The Balaban J connectivity index is 1.99. The van der Waals surface area contributed by atoms with E-state index < -0.39 is 5.60 Å². The quantitative estimate of drug-likeness (QED) is 0.796. The van der Waals surface area contributed by atoms with E-state index in [2.05, 4.69) is 10.3 Å². The second kappa shape index (κ2) is 6.46. The summed E-state index contributed by atoms with van der Waals surface area (Å²) < 4.78 is 6.99. The number of amides is 1. The van der Waals surface area contributed by atoms with Gasteiger partial charge in [0.1, 0.15) is 11.3 Å². The summed E-state index contributed by atoms with van der Waals surface area (Å²) in [5.41, 5.74) is 0.000867. The largest absolute Gasteiger partial charge is 0.444 e. The third-order valence-electron chi connectivity index (χ3n) is 3.52. The molecule has 0 spiro atoms. The molecule has 122 valence electrons. The van der Waals surface area contributed by atoms with Crippen LogP contribution < -0.4 is 0 Å². The van der Waals surface area contributed by atoms with E-state index in [0.29, 0.717) is 31.7 Å². The van der Waals surface area contributed by atoms with E-state index in [9.17, 15) is 9.59 Å². The Kier molecular flexibility index (Phi) is 4.83. The van der Waals surface area contributed by atoms with Crippen LogP contribution in [-0.4, -0.2) is 50.5 Å². The topological polar surface area (TPSA) is 77.3 Å². The smallest absolute Gasteiger partial charge is 0.410 e. The van der Waals surface area contributed by atoms with E-state index in [0.717, 1.165) is 6.42 Å². The first-order chi connectivity index (χ1) is 10.3. The van der Waals surface area contributed by atoms with Gasteiger partial charge in [-0.15, -0.1) is 5.10 Å². The molecule has 1 aliphatic heterocycles. The van der Waals surface area contributed by atoms with Gasteiger partial charge in [0.25, 0.3) is 0 Å². The predicted octanol–water partition coefficient (Wildman–Crippen LogP) is 2.13. The molecule has 7 heteroatoms. The Bertz CT molecular complexity index is 547. The molecule has 1 amide bonds. The van der Waals surface area contributed by atoms with Gasteiger partial charge >= 0.3 is 6.09 Å². The summed E-state index contributed by atoms with van der Waals surface area (Å²) in [6, 6.07) is 0. The minimum absolute atomic E-state index is 0.00417. The molecule has 1 atom stereocenters. The van der Waals surface area contributed by atoms with Crippen LogP contribution in [0.3, 0.4) is 0 Å². The van der Waals surface area contributed by atoms with Crippen LogP contribution in [0.4, 0.5) is 4.79 Å². The van der Waals surface area contributed by atoms with Crippen molar-refractivity contribution < 1.29 is 14.3 Å². The molecular formula is C15H24N4O3. The van der Waals surface area contributed by atoms with Gasteiger partial charge in [0.2, 0.25) is 0 Å². The van der Waals surface area contributed by atoms with E-state index >= 15 is 0 Å². The molecule has 2 heterocycles. The summed E-state index contributed by atoms with van der Waals surface area (Å²) in [4.78, 5) is 26.2. The first kappa shape index (κ1) is 16.5. The normalized spacial score (nSPS) is 18.5. The molecular weight excluding hydrogens is 284 g/mol. The third-order valence-corrected chi connectivity index (χ3v) is 3.52. The molecule has 1 fully saturated rings. The third kappa shape index (κ3) is 3.84. The Labute approximate surface area is 130 Å². The van der Waals surface area contributed by atoms with Gasteiger partial charge in [-0.2, -0.15) is 0 Å². The van der Waals surface area contributed by atoms with Crippen molar-refractivity contribution in [1.29, 1.82) is 0 Å². The molecule has 7 nitrogen and oxygen atoms in total. The molecule has 0 bridgehead atoms. The van der Waals surface area contributed by atoms with E-state index in [-0.39, 0.29) is 17.8 Å². The van der Waals surface area contributed by atoms with Gasteiger partial charge in [-0.25, -0.2) is 9.48 Å². The zero-order valence-corrected chi connectivity index (χ0v) is 13.7. The lowest BCUT2D eigenvalue weighted by Crippen LogP contribution is -2.36. The van der Waals surface area contributed by atoms with E-state index in [1.165, 1.54) is 6.20 Å². The summed E-state index contributed by atoms with van der Waals surface area (Å²) in [6.07, 6.45) is 2.69. The number of aryl methyl sites for hydroxylation is 1. The molecule has 0 aliphatic carbocycles. The molecule has 22 heavy (non-hydrogen) atoms. The molecule has 2 rings (SSSR count). The number of ketones is 1. The van der Waals surface area contributed by atoms with Gasteiger partial charge in [-0.1, -0.05) is 12.1 Å². The van der Waals surface area contributed by atoms with Crippen molar-refractivity contribution in [1.82, 2.24) is 19.9 Å². The lowest BCUT2D eigenvalue weighted by atomic mass is 10.0. The monoisotopic (exact) mass is 308 g/mol. The molecule has 0 aromatic carbocycles. The number of ether oxygens (including phenoxy) is 1. The number of nitrogens with zero attached hydrogens (tertiary/aromatic N) is 4. The van der Waals surface area contributed by atoms with Crippen molar-refractivity contribution in [2.24, 2.45) is 5.92 Å². The van der Waals surface area contributed by atoms with Gasteiger partial charge in [0.05, 0.1) is 6.20 Å². The standard InChI is InChI=1S/C15H24N4O3/c1-5-7-19-12(9-16-17-19)13(20)11-6-8-18(10-11)14(21)22-15(2,3)4/h9,11H,5-8,10H2,1-4H3. The van der Waals surface area contributed by atoms with Gasteiger partial charge in [0.15, 0.2) is 5.78 Å². The molecule has 0 radical (unpaired) electrons. The van der Waals surface area contributed by atoms with Crippen LogP contribution in [0, 0.1) is 5.92 Å². The molecule has 1 aromatic heterocycles. The summed E-state index contributed by atoms with van der Waals surface area (Å²) in [7, 11) is 0. The number of carbonyl (C=O) groups excluding carboxylic acids is 2. The fraction of sp³-hybridized carbons (Fsp3) is 0.733. The average molecular weight is 308 g/mol. The minimum atomic E-state index is -0.525. The molecule has 1 aromatic rings. The zero-order chi connectivity index (χ0) is 16.3. The highest BCUT2D eigenvalue weighted by Crippen LogP contribution is 2.22. The fourth-order valence-electron chi connectivity index (χ4n) is 2.50. The van der Waals surface area contributed by atoms with Crippen LogP contribution in [0.1, 0.15) is 51.0 Å². The first-order valence-electron chi connectivity index (χ1n) is 7.72. The van der Waals surface area contributed by atoms with Crippen molar-refractivity contribution in [3.05, 3.63) is 11.9 Å². The van der Waals surface area contributed by atoms with Crippen LogP contribution in [0.2, 0.25) is 0 Å². The number of aromatic nitrogens is 3. The van der Waals surface area contributed by atoms with Crippen LogP contribution in [0.5, 0.6) is 0 Å². The van der Waals surface area contributed by atoms with Crippen LogP contribution >= 0.6 is 0 Å². The highest BCUT2D eigenvalue weighted by atomic mass is 16.6. The number of likely N-dealkylation sites (tertiary alicyclic amines) is 1. The van der Waals surface area contributed by atoms with E-state index in [4.69, 9.17) is 4.74 Å². The Morgan fingerprint density at radius 3 is 2.77 bits per heavy atom. The molecule has 1 aliphatic rings. The molecule has 0 saturated carbocycles. The number of hydrogen-bond acceptors (Lipinski definition) is 5. The second-order valence-corrected chi connectivity index (χ2v) is 6.62. The van der Waals surface area contributed by atoms with Gasteiger partial charge in [0, 0.05) is 25.6 Å². The van der Waals surface area contributed by atoms with E-state index in [1.807, 2.05) is 27.7 Å². The number of hydrogen-bond donors (Lipinski definition) is 0. The van der Waals surface area contributed by atoms with Crippen LogP contribution in [0.25, 0.3) is 0 Å². The van der Waals surface area contributed by atoms with Gasteiger partial charge in [-0.3, -0.25) is 4.79 Å². The lowest BCUT2D eigenvalue weighted by molar-refractivity contribution is 0.0289. The van der Waals surface area contributed by atoms with Crippen molar-refractivity contribution in [3.8, 4) is 0 Å². The maximum atomic E-state index is 12.6. The van der Waals surface area contributed by atoms with Crippen LogP contribution in [0.15, 0.2) is 6.20 Å². The molecule has 1 saturated heterocycles. The number of Topliss-reactive ketones (excluding diaryl/α,β-unsaturated/α-hetero) is 1. The maximum absolute atomic E-state index is 12.6. The summed E-state index contributed by atoms with van der Waals surface area (Å²) in [6.45, 7) is 9.13. The predicted molar refractivity (Wildman–Crippen MR) is 80.6 cm³/mol. The summed E-state index contributed by atoms with van der Waals surface area (Å²) in [5.74, 6) is -0.203. The lowest BCUT2D eigenvalue weighted by Gasteiger charge is -2.24. The Morgan fingerprint density at radius 2 is 2.14 bits per heavy atom. The SMILES string of the molecule is CCCn1nncc1C(=O)C1CCN(C(=O)OC(C)(C)C)C1. The van der Waals surface area contributed by atoms with Crippen molar-refractivity contribution in [2.75, 3.05) is 13.1 Å². The van der Waals surface area contributed by atoms with Gasteiger partial charge < -0.3 is 9.64 Å². The summed E-state index contributed by atoms with van der Waals surface area (Å²) in [5, 5.41) is 7.76. The molecule has 1 unspecified atom stereocenters. The number of carbonyl (C=O) groups is 2. The summed E-state index contributed by atoms with van der Waals surface area (Å²) >= 11 is 0. The van der Waals surface area contributed by atoms with Crippen molar-refractivity contribution >= 4 is 11.9 Å². The molecule has 0 N–H and O–H groups in total. The number of rotatable bonds is 4. The Morgan fingerprint density at radius 1 is 1.41 bits per heavy atom. The Hall–Kier alpha value is -1.92. The van der Waals surface area contributed by atoms with Crippen molar-refractivity contribution in [3.63, 3.8) is 0 Å². The minimum Gasteiger partial charge on any atom is -0.444 e. The second-order valence-electron chi connectivity index (χ2n) is 6.62. The maximum Gasteiger partial charge on any atom is 0.410 e. The van der Waals surface area contributed by atoms with Crippen LogP contribution in [-0.2, 0) is 11.3 Å². The zero-order valence-electron chi connectivity index (χ0n) is 13.7. The highest BCUT2D eigenvalue weighted by Gasteiger charge is 2.35.